The fourth-order valence-electron chi connectivity index (χ4n) is 3.05. The topological polar surface area (TPSA) is 53.4 Å². The van der Waals surface area contributed by atoms with Crippen molar-refractivity contribution < 1.29 is 14.3 Å². The second-order valence-corrected chi connectivity index (χ2v) is 6.80. The first kappa shape index (κ1) is 18.1. The molecular weight excluding hydrogens is 363 g/mol. The Hall–Kier alpha value is -1.72. The Morgan fingerprint density at radius 1 is 1.28 bits per heavy atom. The van der Waals surface area contributed by atoms with Gasteiger partial charge in [0.2, 0.25) is 0 Å². The Labute approximate surface area is 156 Å². The summed E-state index contributed by atoms with van der Waals surface area (Å²) >= 11 is 12.0. The third-order valence-corrected chi connectivity index (χ3v) is 5.07. The van der Waals surface area contributed by atoms with Gasteiger partial charge < -0.3 is 9.47 Å². The number of ether oxygens (including phenoxy) is 2. The lowest BCUT2D eigenvalue weighted by molar-refractivity contribution is -0.150. The number of esters is 1. The second-order valence-electron chi connectivity index (χ2n) is 6.02. The van der Waals surface area contributed by atoms with Gasteiger partial charge in [-0.1, -0.05) is 29.3 Å². The van der Waals surface area contributed by atoms with Crippen molar-refractivity contribution in [3.63, 3.8) is 0 Å². The van der Waals surface area contributed by atoms with Crippen LogP contribution < -0.4 is 4.74 Å². The highest BCUT2D eigenvalue weighted by Gasteiger charge is 2.31. The van der Waals surface area contributed by atoms with Gasteiger partial charge in [-0.25, -0.2) is 0 Å². The lowest BCUT2D eigenvalue weighted by Gasteiger charge is -2.20. The number of carbonyl (C=O) groups excluding carboxylic acids is 1. The molecule has 0 radical (unpaired) electrons. The molecule has 2 atom stereocenters. The molecule has 7 heteroatoms. The number of hydrogen-bond acceptors (Lipinski definition) is 4. The predicted molar refractivity (Wildman–Crippen MR) is 96.2 cm³/mol. The standard InChI is InChI=1S/C18H20Cl2N2O3/c19-13-5-1-8-16(18(13)20)24-12-3-9-17(23)25-15-7-2-6-14(15)22-11-4-10-21-22/h1,4-5,8,10-11,14-15H,2-3,6-7,9,12H2/t14-,15-/m1/s1. The van der Waals surface area contributed by atoms with Gasteiger partial charge in [0.25, 0.3) is 0 Å². The zero-order valence-electron chi connectivity index (χ0n) is 13.7. The molecule has 0 N–H and O–H groups in total. The second kappa shape index (κ2) is 8.59. The average molecular weight is 383 g/mol. The van der Waals surface area contributed by atoms with Gasteiger partial charge in [-0.2, -0.15) is 5.10 Å². The largest absolute Gasteiger partial charge is 0.492 e. The van der Waals surface area contributed by atoms with E-state index in [1.165, 1.54) is 0 Å². The fourth-order valence-corrected chi connectivity index (χ4v) is 3.39. The van der Waals surface area contributed by atoms with Crippen LogP contribution in [0.2, 0.25) is 10.0 Å². The summed E-state index contributed by atoms with van der Waals surface area (Å²) in [4.78, 5) is 12.1. The van der Waals surface area contributed by atoms with Crippen molar-refractivity contribution in [2.75, 3.05) is 6.61 Å². The minimum atomic E-state index is -0.204. The van der Waals surface area contributed by atoms with E-state index in [0.717, 1.165) is 19.3 Å². The molecule has 1 heterocycles. The Morgan fingerprint density at radius 3 is 2.96 bits per heavy atom. The van der Waals surface area contributed by atoms with E-state index in [2.05, 4.69) is 5.10 Å². The van der Waals surface area contributed by atoms with Gasteiger partial charge in [0.05, 0.1) is 17.7 Å². The number of hydrogen-bond donors (Lipinski definition) is 0. The van der Waals surface area contributed by atoms with Crippen LogP contribution in [0.1, 0.15) is 38.1 Å². The molecule has 25 heavy (non-hydrogen) atoms. The van der Waals surface area contributed by atoms with Crippen LogP contribution in [-0.4, -0.2) is 28.5 Å². The highest BCUT2D eigenvalue weighted by Crippen LogP contribution is 2.33. The summed E-state index contributed by atoms with van der Waals surface area (Å²) < 4.78 is 13.1. The molecular formula is C18H20Cl2N2O3. The molecule has 2 aromatic rings. The van der Waals surface area contributed by atoms with Crippen molar-refractivity contribution in [2.24, 2.45) is 0 Å². The maximum atomic E-state index is 12.1. The lowest BCUT2D eigenvalue weighted by Crippen LogP contribution is -2.25. The quantitative estimate of drug-likeness (QED) is 0.514. The van der Waals surface area contributed by atoms with Crippen LogP contribution in [0.5, 0.6) is 5.75 Å². The molecule has 1 aliphatic carbocycles. The third kappa shape index (κ3) is 4.67. The van der Waals surface area contributed by atoms with E-state index in [1.807, 2.05) is 16.9 Å². The van der Waals surface area contributed by atoms with E-state index in [4.69, 9.17) is 32.7 Å². The number of nitrogens with zero attached hydrogens (tertiary/aromatic N) is 2. The number of benzene rings is 1. The van der Waals surface area contributed by atoms with Crippen molar-refractivity contribution in [1.82, 2.24) is 9.78 Å². The molecule has 1 aliphatic rings. The van der Waals surface area contributed by atoms with Crippen LogP contribution in [0.3, 0.4) is 0 Å². The molecule has 134 valence electrons. The van der Waals surface area contributed by atoms with Crippen LogP contribution in [0.4, 0.5) is 0 Å². The number of halogens is 2. The van der Waals surface area contributed by atoms with Crippen molar-refractivity contribution in [3.8, 4) is 5.75 Å². The van der Waals surface area contributed by atoms with Crippen molar-refractivity contribution >= 4 is 29.2 Å². The summed E-state index contributed by atoms with van der Waals surface area (Å²) in [6.07, 6.45) is 7.33. The molecule has 3 rings (SSSR count). The summed E-state index contributed by atoms with van der Waals surface area (Å²) in [6, 6.07) is 7.24. The fraction of sp³-hybridized carbons (Fsp3) is 0.444. The average Bonchev–Trinajstić information content (AvgIpc) is 3.26. The predicted octanol–water partition coefficient (Wildman–Crippen LogP) is 4.69. The molecule has 0 spiro atoms. The smallest absolute Gasteiger partial charge is 0.306 e. The summed E-state index contributed by atoms with van der Waals surface area (Å²) in [5, 5.41) is 5.10. The van der Waals surface area contributed by atoms with Gasteiger partial charge in [-0.3, -0.25) is 9.48 Å². The van der Waals surface area contributed by atoms with Crippen molar-refractivity contribution in [1.29, 1.82) is 0 Å². The Balaban J connectivity index is 1.41. The normalized spacial score (nSPS) is 19.8. The van der Waals surface area contributed by atoms with E-state index >= 15 is 0 Å². The van der Waals surface area contributed by atoms with E-state index < -0.39 is 0 Å². The first-order valence-corrected chi connectivity index (χ1v) is 9.16. The minimum Gasteiger partial charge on any atom is -0.492 e. The first-order chi connectivity index (χ1) is 12.1. The highest BCUT2D eigenvalue weighted by atomic mass is 35.5. The van der Waals surface area contributed by atoms with Crippen molar-refractivity contribution in [3.05, 3.63) is 46.7 Å². The number of aromatic nitrogens is 2. The SMILES string of the molecule is O=C(CCCOc1cccc(Cl)c1Cl)O[C@@H]1CCC[C@H]1n1cccn1. The molecule has 1 aromatic heterocycles. The minimum absolute atomic E-state index is 0.101. The van der Waals surface area contributed by atoms with E-state index in [-0.39, 0.29) is 18.1 Å². The third-order valence-electron chi connectivity index (χ3n) is 4.26. The van der Waals surface area contributed by atoms with Gasteiger partial charge in [-0.05, 0) is 43.9 Å². The van der Waals surface area contributed by atoms with Gasteiger partial charge in [0, 0.05) is 18.8 Å². The zero-order valence-corrected chi connectivity index (χ0v) is 15.2. The molecule has 0 bridgehead atoms. The Kier molecular flexibility index (Phi) is 6.21. The zero-order chi connectivity index (χ0) is 17.6. The van der Waals surface area contributed by atoms with Crippen LogP contribution in [0.15, 0.2) is 36.7 Å². The molecule has 1 saturated carbocycles. The van der Waals surface area contributed by atoms with Crippen LogP contribution >= 0.6 is 23.2 Å². The van der Waals surface area contributed by atoms with E-state index in [0.29, 0.717) is 35.2 Å². The Morgan fingerprint density at radius 2 is 2.16 bits per heavy atom. The molecule has 0 aliphatic heterocycles. The highest BCUT2D eigenvalue weighted by molar-refractivity contribution is 6.42. The van der Waals surface area contributed by atoms with Gasteiger partial charge >= 0.3 is 5.97 Å². The molecule has 1 fully saturated rings. The Bertz CT molecular complexity index is 706. The number of carbonyl (C=O) groups is 1. The molecule has 1 aromatic carbocycles. The summed E-state index contributed by atoms with van der Waals surface area (Å²) in [5.41, 5.74) is 0. The first-order valence-electron chi connectivity index (χ1n) is 8.40. The summed E-state index contributed by atoms with van der Waals surface area (Å²) in [5.74, 6) is 0.321. The summed E-state index contributed by atoms with van der Waals surface area (Å²) in [7, 11) is 0. The molecule has 0 saturated heterocycles. The van der Waals surface area contributed by atoms with Crippen LogP contribution in [0.25, 0.3) is 0 Å². The van der Waals surface area contributed by atoms with Crippen LogP contribution in [0, 0.1) is 0 Å². The molecule has 5 nitrogen and oxygen atoms in total. The van der Waals surface area contributed by atoms with E-state index in [1.54, 1.807) is 24.4 Å². The van der Waals surface area contributed by atoms with Crippen LogP contribution in [-0.2, 0) is 9.53 Å². The maximum absolute atomic E-state index is 12.1. The van der Waals surface area contributed by atoms with E-state index in [9.17, 15) is 4.79 Å². The van der Waals surface area contributed by atoms with Gasteiger partial charge in [-0.15, -0.1) is 0 Å². The van der Waals surface area contributed by atoms with Gasteiger partial charge in [0.1, 0.15) is 16.9 Å². The van der Waals surface area contributed by atoms with Gasteiger partial charge in [0.15, 0.2) is 0 Å². The number of rotatable bonds is 7. The maximum Gasteiger partial charge on any atom is 0.306 e. The lowest BCUT2D eigenvalue weighted by atomic mass is 10.2. The summed E-state index contributed by atoms with van der Waals surface area (Å²) in [6.45, 7) is 0.377. The monoisotopic (exact) mass is 382 g/mol. The molecule has 0 unspecified atom stereocenters. The van der Waals surface area contributed by atoms with Crippen molar-refractivity contribution in [2.45, 2.75) is 44.2 Å². The molecule has 0 amide bonds.